The van der Waals surface area contributed by atoms with E-state index in [2.05, 4.69) is 35.3 Å². The Morgan fingerprint density at radius 3 is 2.69 bits per heavy atom. The van der Waals surface area contributed by atoms with Crippen LogP contribution in [0, 0.1) is 0 Å². The molecule has 0 spiro atoms. The number of nitrogens with zero attached hydrogens (tertiary/aromatic N) is 1. The number of benzene rings is 1. The molecule has 3 rings (SSSR count). The fraction of sp³-hybridized carbons (Fsp3) is 0.682. The number of ether oxygens (including phenoxy) is 1. The third-order valence-electron chi connectivity index (χ3n) is 5.67. The molecule has 1 heterocycles. The first kappa shape index (κ1) is 19.2. The van der Waals surface area contributed by atoms with Crippen LogP contribution in [0.5, 0.6) is 5.75 Å². The van der Waals surface area contributed by atoms with E-state index in [0.717, 1.165) is 51.1 Å². The molecule has 0 atom stereocenters. The Kier molecular flexibility index (Phi) is 7.36. The highest BCUT2D eigenvalue weighted by Crippen LogP contribution is 2.25. The molecular weight excluding hydrogens is 324 g/mol. The van der Waals surface area contributed by atoms with Gasteiger partial charge >= 0.3 is 0 Å². The lowest BCUT2D eigenvalue weighted by Gasteiger charge is -2.34. The topological polar surface area (TPSA) is 41.6 Å². The van der Waals surface area contributed by atoms with E-state index in [9.17, 15) is 4.79 Å². The predicted octanol–water partition coefficient (Wildman–Crippen LogP) is 3.93. The summed E-state index contributed by atoms with van der Waals surface area (Å²) in [6, 6.07) is 8.76. The molecule has 1 saturated heterocycles. The Labute approximate surface area is 158 Å². The van der Waals surface area contributed by atoms with Gasteiger partial charge in [0.25, 0.3) is 0 Å². The summed E-state index contributed by atoms with van der Waals surface area (Å²) in [5, 5.41) is 3.39. The number of nitrogens with one attached hydrogen (secondary N) is 1. The average molecular weight is 359 g/mol. The summed E-state index contributed by atoms with van der Waals surface area (Å²) in [5.41, 5.74) is 1.20. The first-order chi connectivity index (χ1) is 12.8. The standard InChI is InChI=1S/C22H34N2O2/c1-2-16-24(19-12-14-23-15-13-19)22(25)11-10-18-6-5-9-21(17-18)26-20-7-3-4-8-20/h5-6,9,17,19-20,23H,2-4,7-8,10-16H2,1H3. The van der Waals surface area contributed by atoms with E-state index >= 15 is 0 Å². The van der Waals surface area contributed by atoms with Crippen LogP contribution in [0.3, 0.4) is 0 Å². The number of carbonyl (C=O) groups is 1. The minimum absolute atomic E-state index is 0.306. The third kappa shape index (κ3) is 5.47. The second-order valence-corrected chi connectivity index (χ2v) is 7.74. The van der Waals surface area contributed by atoms with Gasteiger partial charge < -0.3 is 15.0 Å². The zero-order valence-corrected chi connectivity index (χ0v) is 16.2. The maximum atomic E-state index is 12.8. The van der Waals surface area contributed by atoms with Crippen LogP contribution in [0.25, 0.3) is 0 Å². The molecule has 1 aliphatic heterocycles. The molecule has 2 fully saturated rings. The molecule has 0 radical (unpaired) electrons. The van der Waals surface area contributed by atoms with Crippen molar-refractivity contribution in [1.82, 2.24) is 10.2 Å². The van der Waals surface area contributed by atoms with E-state index in [1.807, 2.05) is 6.07 Å². The highest BCUT2D eigenvalue weighted by atomic mass is 16.5. The maximum Gasteiger partial charge on any atom is 0.223 e. The molecule has 0 unspecified atom stereocenters. The molecule has 1 amide bonds. The van der Waals surface area contributed by atoms with Gasteiger partial charge in [0.05, 0.1) is 6.10 Å². The molecular formula is C22H34N2O2. The van der Waals surface area contributed by atoms with Crippen LogP contribution in [0.4, 0.5) is 0 Å². The van der Waals surface area contributed by atoms with Crippen molar-refractivity contribution >= 4 is 5.91 Å². The van der Waals surface area contributed by atoms with Crippen LogP contribution in [-0.2, 0) is 11.2 Å². The normalized spacial score (nSPS) is 18.8. The summed E-state index contributed by atoms with van der Waals surface area (Å²) < 4.78 is 6.10. The molecule has 1 aromatic carbocycles. The molecule has 4 heteroatoms. The molecule has 1 N–H and O–H groups in total. The second-order valence-electron chi connectivity index (χ2n) is 7.74. The van der Waals surface area contributed by atoms with Crippen molar-refractivity contribution in [1.29, 1.82) is 0 Å². The Bertz CT molecular complexity index is 563. The minimum atomic E-state index is 0.306. The van der Waals surface area contributed by atoms with Gasteiger partial charge in [-0.1, -0.05) is 19.1 Å². The molecule has 4 nitrogen and oxygen atoms in total. The van der Waals surface area contributed by atoms with Crippen molar-refractivity contribution in [2.45, 2.75) is 76.9 Å². The van der Waals surface area contributed by atoms with E-state index < -0.39 is 0 Å². The summed E-state index contributed by atoms with van der Waals surface area (Å²) >= 11 is 0. The highest BCUT2D eigenvalue weighted by Gasteiger charge is 2.24. The van der Waals surface area contributed by atoms with Crippen LogP contribution in [0.2, 0.25) is 0 Å². The van der Waals surface area contributed by atoms with Gasteiger partial charge in [-0.3, -0.25) is 4.79 Å². The maximum absolute atomic E-state index is 12.8. The Hall–Kier alpha value is -1.55. The Balaban J connectivity index is 1.53. The fourth-order valence-electron chi connectivity index (χ4n) is 4.24. The van der Waals surface area contributed by atoms with Crippen LogP contribution < -0.4 is 10.1 Å². The fourth-order valence-corrected chi connectivity index (χ4v) is 4.24. The molecule has 144 valence electrons. The minimum Gasteiger partial charge on any atom is -0.490 e. The number of amides is 1. The van der Waals surface area contributed by atoms with E-state index in [4.69, 9.17) is 4.74 Å². The van der Waals surface area contributed by atoms with Crippen molar-refractivity contribution in [2.75, 3.05) is 19.6 Å². The molecule has 1 aliphatic carbocycles. The quantitative estimate of drug-likeness (QED) is 0.765. The summed E-state index contributed by atoms with van der Waals surface area (Å²) in [6.45, 7) is 5.09. The zero-order chi connectivity index (χ0) is 18.2. The first-order valence-corrected chi connectivity index (χ1v) is 10.5. The van der Waals surface area contributed by atoms with Gasteiger partial charge in [0.1, 0.15) is 5.75 Å². The van der Waals surface area contributed by atoms with Gasteiger partial charge in [0, 0.05) is 19.0 Å². The molecule has 1 saturated carbocycles. The lowest BCUT2D eigenvalue weighted by atomic mass is 10.0. The van der Waals surface area contributed by atoms with Crippen LogP contribution in [0.15, 0.2) is 24.3 Å². The van der Waals surface area contributed by atoms with Crippen LogP contribution in [0.1, 0.15) is 63.9 Å². The summed E-state index contributed by atoms with van der Waals surface area (Å²) in [5.74, 6) is 1.27. The lowest BCUT2D eigenvalue weighted by Crippen LogP contribution is -2.46. The number of piperidine rings is 1. The first-order valence-electron chi connectivity index (χ1n) is 10.5. The largest absolute Gasteiger partial charge is 0.490 e. The summed E-state index contributed by atoms with van der Waals surface area (Å²) in [4.78, 5) is 15.0. The summed E-state index contributed by atoms with van der Waals surface area (Å²) in [7, 11) is 0. The second kappa shape index (κ2) is 9.96. The van der Waals surface area contributed by atoms with E-state index in [1.54, 1.807) is 0 Å². The van der Waals surface area contributed by atoms with E-state index in [-0.39, 0.29) is 0 Å². The monoisotopic (exact) mass is 358 g/mol. The molecule has 26 heavy (non-hydrogen) atoms. The van der Waals surface area contributed by atoms with Crippen LogP contribution >= 0.6 is 0 Å². The van der Waals surface area contributed by atoms with Crippen molar-refractivity contribution < 1.29 is 9.53 Å². The molecule has 1 aromatic rings. The van der Waals surface area contributed by atoms with Gasteiger partial charge in [0.2, 0.25) is 5.91 Å². The lowest BCUT2D eigenvalue weighted by molar-refractivity contribution is -0.134. The van der Waals surface area contributed by atoms with E-state index in [0.29, 0.717) is 24.5 Å². The van der Waals surface area contributed by atoms with Gasteiger partial charge in [-0.2, -0.15) is 0 Å². The highest BCUT2D eigenvalue weighted by molar-refractivity contribution is 5.76. The van der Waals surface area contributed by atoms with Crippen molar-refractivity contribution in [3.8, 4) is 5.75 Å². The van der Waals surface area contributed by atoms with Crippen molar-refractivity contribution in [3.05, 3.63) is 29.8 Å². The number of hydrogen-bond acceptors (Lipinski definition) is 3. The van der Waals surface area contributed by atoms with Gasteiger partial charge in [0.15, 0.2) is 0 Å². The van der Waals surface area contributed by atoms with E-state index in [1.165, 1.54) is 31.2 Å². The van der Waals surface area contributed by atoms with Crippen molar-refractivity contribution in [3.63, 3.8) is 0 Å². The number of rotatable bonds is 8. The number of carbonyl (C=O) groups excluding carboxylic acids is 1. The Morgan fingerprint density at radius 2 is 1.96 bits per heavy atom. The third-order valence-corrected chi connectivity index (χ3v) is 5.67. The van der Waals surface area contributed by atoms with Gasteiger partial charge in [-0.25, -0.2) is 0 Å². The van der Waals surface area contributed by atoms with Crippen molar-refractivity contribution in [2.24, 2.45) is 0 Å². The number of aryl methyl sites for hydroxylation is 1. The number of hydrogen-bond donors (Lipinski definition) is 1. The average Bonchev–Trinajstić information content (AvgIpc) is 3.18. The van der Waals surface area contributed by atoms with Gasteiger partial charge in [-0.15, -0.1) is 0 Å². The van der Waals surface area contributed by atoms with Crippen LogP contribution in [-0.4, -0.2) is 42.6 Å². The molecule has 0 aromatic heterocycles. The van der Waals surface area contributed by atoms with Gasteiger partial charge in [-0.05, 0) is 82.2 Å². The molecule has 2 aliphatic rings. The predicted molar refractivity (Wildman–Crippen MR) is 106 cm³/mol. The molecule has 0 bridgehead atoms. The SMILES string of the molecule is CCCN(C(=O)CCc1cccc(OC2CCCC2)c1)C1CCNCC1. The summed E-state index contributed by atoms with van der Waals surface area (Å²) in [6.07, 6.45) is 9.86. The zero-order valence-electron chi connectivity index (χ0n) is 16.2. The smallest absolute Gasteiger partial charge is 0.223 e. The Morgan fingerprint density at radius 1 is 1.19 bits per heavy atom.